The number of sulfone groups is 1. The van der Waals surface area contributed by atoms with Crippen LogP contribution in [0, 0.1) is 0 Å². The van der Waals surface area contributed by atoms with Crippen LogP contribution in [0.15, 0.2) is 0 Å². The molecule has 2 rings (SSSR count). The van der Waals surface area contributed by atoms with Gasteiger partial charge in [0.15, 0.2) is 9.84 Å². The van der Waals surface area contributed by atoms with Crippen LogP contribution < -0.4 is 5.32 Å². The van der Waals surface area contributed by atoms with Crippen molar-refractivity contribution in [3.05, 3.63) is 0 Å². The van der Waals surface area contributed by atoms with Crippen LogP contribution in [-0.2, 0) is 9.84 Å². The van der Waals surface area contributed by atoms with Gasteiger partial charge >= 0.3 is 0 Å². The second kappa shape index (κ2) is 7.04. The van der Waals surface area contributed by atoms with Crippen molar-refractivity contribution in [1.29, 1.82) is 0 Å². The molecular formula is C14H28N2O2S. The number of unbranched alkanes of at least 4 members (excludes halogenated alkanes) is 3. The van der Waals surface area contributed by atoms with E-state index in [2.05, 4.69) is 10.2 Å². The van der Waals surface area contributed by atoms with Crippen LogP contribution in [-0.4, -0.2) is 56.5 Å². The van der Waals surface area contributed by atoms with Crippen LogP contribution in [0.25, 0.3) is 0 Å². The lowest BCUT2D eigenvalue weighted by Crippen LogP contribution is -2.47. The van der Waals surface area contributed by atoms with Gasteiger partial charge < -0.3 is 5.32 Å². The largest absolute Gasteiger partial charge is 0.314 e. The smallest absolute Gasteiger partial charge is 0.153 e. The third-order valence-electron chi connectivity index (χ3n) is 4.19. The van der Waals surface area contributed by atoms with Crippen molar-refractivity contribution in [1.82, 2.24) is 10.2 Å². The molecule has 19 heavy (non-hydrogen) atoms. The van der Waals surface area contributed by atoms with Crippen LogP contribution in [0.2, 0.25) is 0 Å². The van der Waals surface area contributed by atoms with Crippen molar-refractivity contribution in [2.24, 2.45) is 0 Å². The Balaban J connectivity index is 1.48. The molecule has 0 aromatic heterocycles. The minimum absolute atomic E-state index is 0.204. The molecule has 0 spiro atoms. The molecule has 1 aliphatic carbocycles. The lowest BCUT2D eigenvalue weighted by Gasteiger charge is -2.33. The number of nitrogens with zero attached hydrogens (tertiary/aromatic N) is 1. The third kappa shape index (κ3) is 5.79. The van der Waals surface area contributed by atoms with E-state index in [-0.39, 0.29) is 6.04 Å². The summed E-state index contributed by atoms with van der Waals surface area (Å²) in [5.41, 5.74) is 0. The Bertz CT molecular complexity index is 366. The minimum Gasteiger partial charge on any atom is -0.314 e. The van der Waals surface area contributed by atoms with E-state index in [1.807, 2.05) is 6.92 Å². The van der Waals surface area contributed by atoms with Gasteiger partial charge in [0, 0.05) is 18.6 Å². The SMILES string of the molecule is CC1CS(=O)(=O)CCN1CCCCCCNC1CC1. The first-order valence-corrected chi connectivity index (χ1v) is 9.57. The van der Waals surface area contributed by atoms with Crippen molar-refractivity contribution in [2.75, 3.05) is 31.1 Å². The highest BCUT2D eigenvalue weighted by Crippen LogP contribution is 2.18. The highest BCUT2D eigenvalue weighted by atomic mass is 32.2. The molecule has 0 aromatic carbocycles. The molecule has 0 aromatic rings. The van der Waals surface area contributed by atoms with Crippen LogP contribution in [0.1, 0.15) is 45.4 Å². The second-order valence-electron chi connectivity index (χ2n) is 6.14. The Morgan fingerprint density at radius 2 is 1.89 bits per heavy atom. The summed E-state index contributed by atoms with van der Waals surface area (Å²) in [5, 5.41) is 3.54. The monoisotopic (exact) mass is 288 g/mol. The lowest BCUT2D eigenvalue weighted by atomic mass is 10.1. The number of hydrogen-bond acceptors (Lipinski definition) is 4. The topological polar surface area (TPSA) is 49.4 Å². The highest BCUT2D eigenvalue weighted by molar-refractivity contribution is 7.91. The summed E-state index contributed by atoms with van der Waals surface area (Å²) >= 11 is 0. The summed E-state index contributed by atoms with van der Waals surface area (Å²) in [4.78, 5) is 2.34. The van der Waals surface area contributed by atoms with E-state index in [0.29, 0.717) is 11.5 Å². The summed E-state index contributed by atoms with van der Waals surface area (Å²) < 4.78 is 23.0. The van der Waals surface area contributed by atoms with E-state index in [9.17, 15) is 8.42 Å². The first kappa shape index (κ1) is 15.3. The van der Waals surface area contributed by atoms with Gasteiger partial charge in [0.05, 0.1) is 11.5 Å². The van der Waals surface area contributed by atoms with Crippen molar-refractivity contribution in [3.63, 3.8) is 0 Å². The molecule has 0 bridgehead atoms. The zero-order valence-corrected chi connectivity index (χ0v) is 12.9. The van der Waals surface area contributed by atoms with Crippen LogP contribution in [0.5, 0.6) is 0 Å². The maximum absolute atomic E-state index is 11.5. The van der Waals surface area contributed by atoms with Crippen LogP contribution in [0.4, 0.5) is 0 Å². The molecule has 0 radical (unpaired) electrons. The van der Waals surface area contributed by atoms with E-state index in [0.717, 1.165) is 19.1 Å². The van der Waals surface area contributed by atoms with Gasteiger partial charge in [-0.15, -0.1) is 0 Å². The molecule has 1 N–H and O–H groups in total. The predicted octanol–water partition coefficient (Wildman–Crippen LogP) is 1.42. The van der Waals surface area contributed by atoms with Gasteiger partial charge in [-0.2, -0.15) is 0 Å². The fourth-order valence-electron chi connectivity index (χ4n) is 2.75. The van der Waals surface area contributed by atoms with E-state index >= 15 is 0 Å². The zero-order valence-electron chi connectivity index (χ0n) is 12.1. The van der Waals surface area contributed by atoms with Gasteiger partial charge in [-0.25, -0.2) is 8.42 Å². The van der Waals surface area contributed by atoms with Gasteiger partial charge in [0.1, 0.15) is 0 Å². The summed E-state index contributed by atoms with van der Waals surface area (Å²) in [6, 6.07) is 1.03. The van der Waals surface area contributed by atoms with Crippen molar-refractivity contribution in [3.8, 4) is 0 Å². The molecule has 5 heteroatoms. The van der Waals surface area contributed by atoms with Gasteiger partial charge in [-0.05, 0) is 45.7 Å². The molecule has 1 saturated carbocycles. The van der Waals surface area contributed by atoms with Crippen molar-refractivity contribution >= 4 is 9.84 Å². The lowest BCUT2D eigenvalue weighted by molar-refractivity contribution is 0.221. The molecule has 4 nitrogen and oxygen atoms in total. The van der Waals surface area contributed by atoms with Crippen molar-refractivity contribution in [2.45, 2.75) is 57.5 Å². The van der Waals surface area contributed by atoms with Gasteiger partial charge in [-0.3, -0.25) is 4.90 Å². The first-order valence-electron chi connectivity index (χ1n) is 7.75. The van der Waals surface area contributed by atoms with Gasteiger partial charge in [0.25, 0.3) is 0 Å². The van der Waals surface area contributed by atoms with Crippen LogP contribution in [0.3, 0.4) is 0 Å². The maximum Gasteiger partial charge on any atom is 0.153 e. The number of rotatable bonds is 8. The first-order chi connectivity index (χ1) is 9.07. The van der Waals surface area contributed by atoms with Gasteiger partial charge in [0.2, 0.25) is 0 Å². The highest BCUT2D eigenvalue weighted by Gasteiger charge is 2.27. The molecule has 2 fully saturated rings. The second-order valence-corrected chi connectivity index (χ2v) is 8.37. The van der Waals surface area contributed by atoms with E-state index in [1.54, 1.807) is 0 Å². The average molecular weight is 288 g/mol. The van der Waals surface area contributed by atoms with E-state index in [1.165, 1.54) is 45.1 Å². The minimum atomic E-state index is -2.76. The Labute approximate surface area is 117 Å². The Kier molecular flexibility index (Phi) is 5.66. The summed E-state index contributed by atoms with van der Waals surface area (Å²) in [5.74, 6) is 0.695. The maximum atomic E-state index is 11.5. The van der Waals surface area contributed by atoms with Crippen LogP contribution >= 0.6 is 0 Å². The average Bonchev–Trinajstić information content (AvgIpc) is 3.13. The fourth-order valence-corrected chi connectivity index (χ4v) is 4.38. The van der Waals surface area contributed by atoms with E-state index < -0.39 is 9.84 Å². The normalized spacial score (nSPS) is 27.5. The summed E-state index contributed by atoms with van der Waals surface area (Å²) in [6.07, 6.45) is 7.78. The molecule has 1 unspecified atom stereocenters. The fraction of sp³-hybridized carbons (Fsp3) is 1.00. The Morgan fingerprint density at radius 1 is 1.16 bits per heavy atom. The molecule has 1 heterocycles. The summed E-state index contributed by atoms with van der Waals surface area (Å²) in [7, 11) is -2.76. The predicted molar refractivity (Wildman–Crippen MR) is 79.2 cm³/mol. The molecule has 1 saturated heterocycles. The van der Waals surface area contributed by atoms with Crippen molar-refractivity contribution < 1.29 is 8.42 Å². The molecular weight excluding hydrogens is 260 g/mol. The standard InChI is InChI=1S/C14H28N2O2S/c1-13-12-19(17,18)11-10-16(13)9-5-3-2-4-8-15-14-6-7-14/h13-15H,2-12H2,1H3. The third-order valence-corrected chi connectivity index (χ3v) is 5.99. The molecule has 2 aliphatic rings. The Morgan fingerprint density at radius 3 is 2.58 bits per heavy atom. The zero-order chi connectivity index (χ0) is 13.7. The molecule has 1 atom stereocenters. The quantitative estimate of drug-likeness (QED) is 0.686. The molecule has 112 valence electrons. The molecule has 1 aliphatic heterocycles. The van der Waals surface area contributed by atoms with Gasteiger partial charge in [-0.1, -0.05) is 12.8 Å². The number of hydrogen-bond donors (Lipinski definition) is 1. The molecule has 0 amide bonds. The number of nitrogens with one attached hydrogen (secondary N) is 1. The van der Waals surface area contributed by atoms with E-state index in [4.69, 9.17) is 0 Å². The summed E-state index contributed by atoms with van der Waals surface area (Å²) in [6.45, 7) is 5.00. The Hall–Kier alpha value is -0.130.